The Bertz CT molecular complexity index is 442. The number of hydrogen-bond donors (Lipinski definition) is 2. The second kappa shape index (κ2) is 4.32. The lowest BCUT2D eigenvalue weighted by atomic mass is 10.2. The van der Waals surface area contributed by atoms with Gasteiger partial charge in [0.15, 0.2) is 5.82 Å². The number of carbonyl (C=O) groups is 2. The minimum absolute atomic E-state index is 0.322. The molecule has 1 aromatic heterocycles. The van der Waals surface area contributed by atoms with Crippen LogP contribution in [0.25, 0.3) is 6.08 Å². The molecule has 0 saturated heterocycles. The van der Waals surface area contributed by atoms with Crippen LogP contribution in [0.4, 0.5) is 4.39 Å². The van der Waals surface area contributed by atoms with Gasteiger partial charge in [0, 0.05) is 12.3 Å². The number of rotatable bonds is 3. The van der Waals surface area contributed by atoms with E-state index in [9.17, 15) is 14.0 Å². The van der Waals surface area contributed by atoms with E-state index in [4.69, 9.17) is 10.2 Å². The van der Waals surface area contributed by atoms with Gasteiger partial charge in [0.25, 0.3) is 0 Å². The Hall–Kier alpha value is -2.24. The van der Waals surface area contributed by atoms with Gasteiger partial charge in [-0.3, -0.25) is 4.98 Å². The highest BCUT2D eigenvalue weighted by molar-refractivity contribution is 5.89. The molecule has 1 rings (SSSR count). The van der Waals surface area contributed by atoms with Crippen molar-refractivity contribution in [3.63, 3.8) is 0 Å². The molecule has 0 bridgehead atoms. The molecule has 0 spiro atoms. The Balaban J connectivity index is 3.15. The molecule has 1 heterocycles. The Morgan fingerprint density at radius 3 is 2.60 bits per heavy atom. The third-order valence-corrected chi connectivity index (χ3v) is 1.53. The molecule has 1 aromatic rings. The molecule has 0 atom stereocenters. The molecular weight excluding hydrogens is 205 g/mol. The van der Waals surface area contributed by atoms with E-state index in [1.54, 1.807) is 0 Å². The zero-order valence-corrected chi connectivity index (χ0v) is 7.35. The summed E-state index contributed by atoms with van der Waals surface area (Å²) in [6.07, 6.45) is 2.66. The molecule has 0 aliphatic heterocycles. The van der Waals surface area contributed by atoms with Crippen LogP contribution in [0, 0.1) is 5.82 Å². The van der Waals surface area contributed by atoms with Gasteiger partial charge in [-0.25, -0.2) is 14.0 Å². The lowest BCUT2D eigenvalue weighted by Gasteiger charge is -1.99. The summed E-state index contributed by atoms with van der Waals surface area (Å²) in [5.41, 5.74) is -0.868. The zero-order valence-electron chi connectivity index (χ0n) is 7.35. The molecule has 15 heavy (non-hydrogen) atoms. The van der Waals surface area contributed by atoms with Crippen molar-refractivity contribution in [2.45, 2.75) is 0 Å². The van der Waals surface area contributed by atoms with Crippen molar-refractivity contribution in [1.29, 1.82) is 0 Å². The molecule has 5 nitrogen and oxygen atoms in total. The van der Waals surface area contributed by atoms with Gasteiger partial charge < -0.3 is 10.2 Å². The highest BCUT2D eigenvalue weighted by atomic mass is 19.1. The number of aromatic carboxylic acids is 1. The second-order valence-corrected chi connectivity index (χ2v) is 2.53. The Kier molecular flexibility index (Phi) is 3.12. The average Bonchev–Trinajstić information content (AvgIpc) is 2.15. The third kappa shape index (κ3) is 2.60. The first-order valence-electron chi connectivity index (χ1n) is 3.81. The number of aliphatic carboxylic acids is 1. The van der Waals surface area contributed by atoms with Crippen LogP contribution >= 0.6 is 0 Å². The predicted molar refractivity (Wildman–Crippen MR) is 47.8 cm³/mol. The third-order valence-electron chi connectivity index (χ3n) is 1.53. The topological polar surface area (TPSA) is 87.5 Å². The Morgan fingerprint density at radius 2 is 2.07 bits per heavy atom. The smallest absolute Gasteiger partial charge is 0.338 e. The van der Waals surface area contributed by atoms with Crippen LogP contribution in [-0.2, 0) is 4.79 Å². The van der Waals surface area contributed by atoms with Crippen LogP contribution < -0.4 is 0 Å². The quantitative estimate of drug-likeness (QED) is 0.728. The predicted octanol–water partition coefficient (Wildman–Crippen LogP) is 1.02. The van der Waals surface area contributed by atoms with E-state index in [-0.39, 0.29) is 5.69 Å². The molecule has 0 fully saturated rings. The van der Waals surface area contributed by atoms with Crippen LogP contribution in [-0.4, -0.2) is 27.1 Å². The second-order valence-electron chi connectivity index (χ2n) is 2.53. The van der Waals surface area contributed by atoms with E-state index >= 15 is 0 Å². The monoisotopic (exact) mass is 211 g/mol. The van der Waals surface area contributed by atoms with E-state index in [1.165, 1.54) is 0 Å². The van der Waals surface area contributed by atoms with Crippen molar-refractivity contribution in [3.05, 3.63) is 35.4 Å². The summed E-state index contributed by atoms with van der Waals surface area (Å²) in [7, 11) is 0. The van der Waals surface area contributed by atoms with Gasteiger partial charge in [-0.15, -0.1) is 0 Å². The summed E-state index contributed by atoms with van der Waals surface area (Å²) < 4.78 is 13.3. The first kappa shape index (κ1) is 10.8. The fourth-order valence-corrected chi connectivity index (χ4v) is 0.892. The molecule has 0 radical (unpaired) electrons. The van der Waals surface area contributed by atoms with E-state index in [1.807, 2.05) is 0 Å². The maximum atomic E-state index is 13.3. The van der Waals surface area contributed by atoms with Crippen molar-refractivity contribution in [2.24, 2.45) is 0 Å². The summed E-state index contributed by atoms with van der Waals surface area (Å²) in [6, 6.07) is 0.996. The minimum atomic E-state index is -1.43. The van der Waals surface area contributed by atoms with Gasteiger partial charge in [-0.2, -0.15) is 0 Å². The van der Waals surface area contributed by atoms with Crippen LogP contribution in [0.2, 0.25) is 0 Å². The standard InChI is InChI=1S/C9H6FNO4/c10-8-5(9(14)15)3-4-11-6(8)1-2-7(12)13/h1-4H,(H,12,13)(H,14,15). The number of halogens is 1. The molecule has 0 aromatic carbocycles. The normalized spacial score (nSPS) is 10.5. The first-order chi connectivity index (χ1) is 7.02. The van der Waals surface area contributed by atoms with Gasteiger partial charge in [-0.05, 0) is 12.1 Å². The minimum Gasteiger partial charge on any atom is -0.478 e. The maximum Gasteiger partial charge on any atom is 0.338 e. The fourth-order valence-electron chi connectivity index (χ4n) is 0.892. The summed E-state index contributed by atoms with van der Waals surface area (Å²) in [6.45, 7) is 0. The molecule has 6 heteroatoms. The Morgan fingerprint density at radius 1 is 1.40 bits per heavy atom. The summed E-state index contributed by atoms with van der Waals surface area (Å²) in [5.74, 6) is -3.75. The SMILES string of the molecule is O=C(O)C=Cc1nccc(C(=O)O)c1F. The average molecular weight is 211 g/mol. The lowest BCUT2D eigenvalue weighted by Crippen LogP contribution is -2.03. The van der Waals surface area contributed by atoms with E-state index < -0.39 is 23.3 Å². The first-order valence-corrected chi connectivity index (χ1v) is 3.81. The lowest BCUT2D eigenvalue weighted by molar-refractivity contribution is -0.131. The molecule has 0 unspecified atom stereocenters. The molecule has 0 aliphatic rings. The van der Waals surface area contributed by atoms with Crippen molar-refractivity contribution in [3.8, 4) is 0 Å². The summed E-state index contributed by atoms with van der Waals surface area (Å²) in [4.78, 5) is 24.2. The Labute approximate surface area is 83.5 Å². The largest absolute Gasteiger partial charge is 0.478 e. The number of pyridine rings is 1. The van der Waals surface area contributed by atoms with E-state index in [2.05, 4.69) is 4.98 Å². The molecular formula is C9H6FNO4. The number of hydrogen-bond acceptors (Lipinski definition) is 3. The van der Waals surface area contributed by atoms with Crippen molar-refractivity contribution >= 4 is 18.0 Å². The zero-order chi connectivity index (χ0) is 11.4. The number of aromatic nitrogens is 1. The molecule has 0 amide bonds. The van der Waals surface area contributed by atoms with Crippen molar-refractivity contribution in [2.75, 3.05) is 0 Å². The van der Waals surface area contributed by atoms with E-state index in [0.717, 1.165) is 18.3 Å². The van der Waals surface area contributed by atoms with Crippen LogP contribution in [0.3, 0.4) is 0 Å². The summed E-state index contributed by atoms with van der Waals surface area (Å²) in [5, 5.41) is 16.9. The molecule has 0 saturated carbocycles. The number of carboxylic acid groups (broad SMARTS) is 2. The van der Waals surface area contributed by atoms with Crippen LogP contribution in [0.1, 0.15) is 16.1 Å². The van der Waals surface area contributed by atoms with Gasteiger partial charge >= 0.3 is 11.9 Å². The molecule has 2 N–H and O–H groups in total. The van der Waals surface area contributed by atoms with Crippen LogP contribution in [0.15, 0.2) is 18.3 Å². The van der Waals surface area contributed by atoms with Gasteiger partial charge in [0.05, 0.1) is 11.3 Å². The van der Waals surface area contributed by atoms with Crippen molar-refractivity contribution in [1.82, 2.24) is 4.98 Å². The highest BCUT2D eigenvalue weighted by Gasteiger charge is 2.13. The van der Waals surface area contributed by atoms with Crippen molar-refractivity contribution < 1.29 is 24.2 Å². The van der Waals surface area contributed by atoms with E-state index in [0.29, 0.717) is 6.08 Å². The fraction of sp³-hybridized carbons (Fsp3) is 0. The number of carboxylic acids is 2. The van der Waals surface area contributed by atoms with Crippen LogP contribution in [0.5, 0.6) is 0 Å². The summed E-state index contributed by atoms with van der Waals surface area (Å²) >= 11 is 0. The highest BCUT2D eigenvalue weighted by Crippen LogP contribution is 2.11. The maximum absolute atomic E-state index is 13.3. The number of nitrogens with zero attached hydrogens (tertiary/aromatic N) is 1. The van der Waals surface area contributed by atoms with Gasteiger partial charge in [-0.1, -0.05) is 0 Å². The molecule has 0 aliphatic carbocycles. The molecule has 78 valence electrons. The van der Waals surface area contributed by atoms with Gasteiger partial charge in [0.1, 0.15) is 0 Å². The van der Waals surface area contributed by atoms with Gasteiger partial charge in [0.2, 0.25) is 0 Å².